The van der Waals surface area contributed by atoms with Crippen LogP contribution in [0, 0.1) is 27.7 Å². The van der Waals surface area contributed by atoms with E-state index >= 15 is 0 Å². The average molecular weight is 317 g/mol. The van der Waals surface area contributed by atoms with Gasteiger partial charge in [-0.2, -0.15) is 0 Å². The van der Waals surface area contributed by atoms with Crippen molar-refractivity contribution in [1.82, 2.24) is 4.57 Å². The molecule has 1 aromatic heterocycles. The number of aromatic nitrogens is 1. The lowest BCUT2D eigenvalue weighted by molar-refractivity contribution is 0.763. The summed E-state index contributed by atoms with van der Waals surface area (Å²) in [5, 5.41) is 0. The number of aryl methyl sites for hydroxylation is 4. The molecule has 1 heterocycles. The van der Waals surface area contributed by atoms with Gasteiger partial charge in [-0.15, -0.1) is 0 Å². The minimum atomic E-state index is 0.0339. The van der Waals surface area contributed by atoms with E-state index in [1.54, 1.807) is 6.07 Å². The van der Waals surface area contributed by atoms with E-state index in [-0.39, 0.29) is 5.56 Å². The highest BCUT2D eigenvalue weighted by Crippen LogP contribution is 2.22. The lowest BCUT2D eigenvalue weighted by Gasteiger charge is -2.15. The Bertz CT molecular complexity index is 930. The first-order valence-corrected chi connectivity index (χ1v) is 8.29. The normalized spacial score (nSPS) is 10.8. The number of benzene rings is 2. The van der Waals surface area contributed by atoms with E-state index in [2.05, 4.69) is 64.1 Å². The second kappa shape index (κ2) is 6.48. The lowest BCUT2D eigenvalue weighted by atomic mass is 10.0. The van der Waals surface area contributed by atoms with Gasteiger partial charge in [-0.05, 0) is 62.6 Å². The molecule has 0 unspecified atom stereocenters. The molecule has 3 aromatic rings. The largest absolute Gasteiger partial charge is 0.304 e. The summed E-state index contributed by atoms with van der Waals surface area (Å²) in [6.07, 6.45) is 0. The molecular formula is C22H23NO. The SMILES string of the molecule is Cc1cc(C)cc(-c2cccc(=O)n2Cc2ccc(C)cc2C)c1. The third-order valence-corrected chi connectivity index (χ3v) is 4.39. The van der Waals surface area contributed by atoms with Crippen LogP contribution in [0.4, 0.5) is 0 Å². The smallest absolute Gasteiger partial charge is 0.251 e. The summed E-state index contributed by atoms with van der Waals surface area (Å²) in [4.78, 5) is 12.5. The summed E-state index contributed by atoms with van der Waals surface area (Å²) >= 11 is 0. The quantitative estimate of drug-likeness (QED) is 0.680. The molecule has 0 saturated heterocycles. The zero-order valence-electron chi connectivity index (χ0n) is 14.8. The molecule has 2 heteroatoms. The van der Waals surface area contributed by atoms with Crippen molar-refractivity contribution in [1.29, 1.82) is 0 Å². The van der Waals surface area contributed by atoms with Gasteiger partial charge in [-0.25, -0.2) is 0 Å². The van der Waals surface area contributed by atoms with Gasteiger partial charge in [0.15, 0.2) is 0 Å². The molecule has 0 spiro atoms. The Hall–Kier alpha value is -2.61. The fourth-order valence-electron chi connectivity index (χ4n) is 3.25. The number of hydrogen-bond acceptors (Lipinski definition) is 1. The van der Waals surface area contributed by atoms with Crippen molar-refractivity contribution in [3.63, 3.8) is 0 Å². The fourth-order valence-corrected chi connectivity index (χ4v) is 3.25. The Morgan fingerprint density at radius 3 is 2.17 bits per heavy atom. The summed E-state index contributed by atoms with van der Waals surface area (Å²) in [7, 11) is 0. The Morgan fingerprint density at radius 1 is 0.792 bits per heavy atom. The van der Waals surface area contributed by atoms with E-state index in [1.165, 1.54) is 27.8 Å². The van der Waals surface area contributed by atoms with Crippen LogP contribution < -0.4 is 5.56 Å². The summed E-state index contributed by atoms with van der Waals surface area (Å²) in [5.74, 6) is 0. The molecule has 0 amide bonds. The molecule has 0 saturated carbocycles. The van der Waals surface area contributed by atoms with E-state index in [0.717, 1.165) is 11.3 Å². The molecule has 0 fully saturated rings. The Balaban J connectivity index is 2.13. The Morgan fingerprint density at radius 2 is 1.50 bits per heavy atom. The van der Waals surface area contributed by atoms with E-state index < -0.39 is 0 Å². The van der Waals surface area contributed by atoms with Crippen LogP contribution in [0.3, 0.4) is 0 Å². The van der Waals surface area contributed by atoms with Crippen LogP contribution in [-0.2, 0) is 6.54 Å². The van der Waals surface area contributed by atoms with E-state index in [0.29, 0.717) is 6.54 Å². The van der Waals surface area contributed by atoms with E-state index in [4.69, 9.17) is 0 Å². The van der Waals surface area contributed by atoms with Crippen LogP contribution in [0.15, 0.2) is 59.4 Å². The van der Waals surface area contributed by atoms with Crippen molar-refractivity contribution in [3.8, 4) is 11.3 Å². The number of nitrogens with zero attached hydrogens (tertiary/aromatic N) is 1. The van der Waals surface area contributed by atoms with Gasteiger partial charge >= 0.3 is 0 Å². The summed E-state index contributed by atoms with van der Waals surface area (Å²) in [5.41, 5.74) is 8.15. The van der Waals surface area contributed by atoms with Gasteiger partial charge in [0.05, 0.1) is 12.2 Å². The van der Waals surface area contributed by atoms with Crippen molar-refractivity contribution >= 4 is 0 Å². The third-order valence-electron chi connectivity index (χ3n) is 4.39. The van der Waals surface area contributed by atoms with Gasteiger partial charge in [-0.3, -0.25) is 4.79 Å². The molecule has 0 aliphatic carbocycles. The molecule has 122 valence electrons. The zero-order chi connectivity index (χ0) is 17.3. The molecule has 0 aliphatic heterocycles. The highest BCUT2D eigenvalue weighted by molar-refractivity contribution is 5.62. The first kappa shape index (κ1) is 16.3. The maximum atomic E-state index is 12.5. The van der Waals surface area contributed by atoms with Crippen LogP contribution in [0.25, 0.3) is 11.3 Å². The molecule has 0 atom stereocenters. The second-order valence-corrected chi connectivity index (χ2v) is 6.64. The van der Waals surface area contributed by atoms with Gasteiger partial charge in [0.1, 0.15) is 0 Å². The van der Waals surface area contributed by atoms with Crippen LogP contribution in [0.1, 0.15) is 27.8 Å². The minimum Gasteiger partial charge on any atom is -0.304 e. The van der Waals surface area contributed by atoms with Gasteiger partial charge < -0.3 is 4.57 Å². The summed E-state index contributed by atoms with van der Waals surface area (Å²) in [6.45, 7) is 8.96. The molecule has 24 heavy (non-hydrogen) atoms. The van der Waals surface area contributed by atoms with Gasteiger partial charge in [0.2, 0.25) is 0 Å². The van der Waals surface area contributed by atoms with E-state index in [1.807, 2.05) is 16.7 Å². The maximum absolute atomic E-state index is 12.5. The lowest BCUT2D eigenvalue weighted by Crippen LogP contribution is -2.21. The van der Waals surface area contributed by atoms with Crippen molar-refractivity contribution in [3.05, 3.63) is 92.8 Å². The number of hydrogen-bond donors (Lipinski definition) is 0. The fraction of sp³-hybridized carbons (Fsp3) is 0.227. The van der Waals surface area contributed by atoms with Gasteiger partial charge in [0.25, 0.3) is 5.56 Å². The van der Waals surface area contributed by atoms with Crippen molar-refractivity contribution in [2.75, 3.05) is 0 Å². The highest BCUT2D eigenvalue weighted by Gasteiger charge is 2.09. The third kappa shape index (κ3) is 3.33. The second-order valence-electron chi connectivity index (χ2n) is 6.64. The van der Waals surface area contributed by atoms with Crippen LogP contribution in [0.5, 0.6) is 0 Å². The van der Waals surface area contributed by atoms with Crippen LogP contribution in [0.2, 0.25) is 0 Å². The molecule has 3 rings (SSSR count). The van der Waals surface area contributed by atoms with Gasteiger partial charge in [-0.1, -0.05) is 47.0 Å². The number of rotatable bonds is 3. The van der Waals surface area contributed by atoms with Crippen molar-refractivity contribution in [2.45, 2.75) is 34.2 Å². The molecule has 0 aliphatic rings. The standard InChI is InChI=1S/C22H23NO/c1-15-8-9-19(18(4)11-15)14-23-21(6-5-7-22(23)24)20-12-16(2)10-17(3)13-20/h5-13H,14H2,1-4H3. The molecule has 0 bridgehead atoms. The zero-order valence-corrected chi connectivity index (χ0v) is 14.8. The first-order chi connectivity index (χ1) is 11.4. The predicted octanol–water partition coefficient (Wildman–Crippen LogP) is 4.80. The molecule has 2 aromatic carbocycles. The Labute approximate surface area is 143 Å². The molecular weight excluding hydrogens is 294 g/mol. The number of pyridine rings is 1. The highest BCUT2D eigenvalue weighted by atomic mass is 16.1. The first-order valence-electron chi connectivity index (χ1n) is 8.29. The molecule has 0 radical (unpaired) electrons. The van der Waals surface area contributed by atoms with Crippen LogP contribution in [-0.4, -0.2) is 4.57 Å². The van der Waals surface area contributed by atoms with Crippen LogP contribution >= 0.6 is 0 Å². The van der Waals surface area contributed by atoms with Crippen molar-refractivity contribution in [2.24, 2.45) is 0 Å². The monoisotopic (exact) mass is 317 g/mol. The van der Waals surface area contributed by atoms with Gasteiger partial charge in [0, 0.05) is 6.07 Å². The molecule has 0 N–H and O–H groups in total. The minimum absolute atomic E-state index is 0.0339. The average Bonchev–Trinajstić information content (AvgIpc) is 2.50. The summed E-state index contributed by atoms with van der Waals surface area (Å²) in [6, 6.07) is 18.3. The summed E-state index contributed by atoms with van der Waals surface area (Å²) < 4.78 is 1.87. The predicted molar refractivity (Wildman–Crippen MR) is 101 cm³/mol. The Kier molecular flexibility index (Phi) is 4.39. The van der Waals surface area contributed by atoms with Crippen molar-refractivity contribution < 1.29 is 0 Å². The maximum Gasteiger partial charge on any atom is 0.251 e. The topological polar surface area (TPSA) is 22.0 Å². The molecule has 2 nitrogen and oxygen atoms in total. The van der Waals surface area contributed by atoms with E-state index in [9.17, 15) is 4.79 Å².